The summed E-state index contributed by atoms with van der Waals surface area (Å²) >= 11 is 13.7. The summed E-state index contributed by atoms with van der Waals surface area (Å²) in [5, 5.41) is 13.8. The number of furan rings is 1. The molecule has 0 fully saturated rings. The molecule has 0 aliphatic heterocycles. The zero-order valence-corrected chi connectivity index (χ0v) is 16.2. The molecule has 0 unspecified atom stereocenters. The van der Waals surface area contributed by atoms with Gasteiger partial charge >= 0.3 is 0 Å². The molecule has 4 rings (SSSR count). The fourth-order valence-corrected chi connectivity index (χ4v) is 4.40. The van der Waals surface area contributed by atoms with Crippen LogP contribution in [0.1, 0.15) is 15.4 Å². The Labute approximate surface area is 169 Å². The Balaban J connectivity index is 1.55. The average Bonchev–Trinajstić information content (AvgIpc) is 3.27. The summed E-state index contributed by atoms with van der Waals surface area (Å²) in [7, 11) is 0. The van der Waals surface area contributed by atoms with E-state index in [0.29, 0.717) is 32.1 Å². The Kier molecular flexibility index (Phi) is 4.93. The van der Waals surface area contributed by atoms with Crippen molar-refractivity contribution in [3.8, 4) is 11.3 Å². The molecule has 0 aliphatic rings. The monoisotopic (exact) mass is 417 g/mol. The standard InChI is InChI=1S/C20H13Cl2NO3S/c21-12-3-7-15-17(9-12)27-19(18(15)22)20(25)23-13-4-1-11(2-5-13)16-8-6-14(10-24)26-16/h1-9,24H,10H2,(H,23,25). The van der Waals surface area contributed by atoms with Crippen LogP contribution in [0.15, 0.2) is 59.0 Å². The van der Waals surface area contributed by atoms with Crippen LogP contribution in [0.4, 0.5) is 5.69 Å². The van der Waals surface area contributed by atoms with Gasteiger partial charge in [-0.05, 0) is 48.5 Å². The summed E-state index contributed by atoms with van der Waals surface area (Å²) in [5.41, 5.74) is 1.49. The molecular formula is C20H13Cl2NO3S. The number of aliphatic hydroxyl groups excluding tert-OH is 1. The van der Waals surface area contributed by atoms with E-state index < -0.39 is 0 Å². The SMILES string of the molecule is O=C(Nc1ccc(-c2ccc(CO)o2)cc1)c1sc2cc(Cl)ccc2c1Cl. The second-order valence-corrected chi connectivity index (χ2v) is 7.71. The molecule has 27 heavy (non-hydrogen) atoms. The highest BCUT2D eigenvalue weighted by Gasteiger charge is 2.17. The minimum absolute atomic E-state index is 0.144. The van der Waals surface area contributed by atoms with Gasteiger partial charge in [-0.2, -0.15) is 0 Å². The lowest BCUT2D eigenvalue weighted by atomic mass is 10.1. The number of anilines is 1. The first-order valence-corrected chi connectivity index (χ1v) is 9.61. The summed E-state index contributed by atoms with van der Waals surface area (Å²) in [6, 6.07) is 16.1. The molecule has 136 valence electrons. The van der Waals surface area contributed by atoms with Gasteiger partial charge in [-0.3, -0.25) is 4.79 Å². The highest BCUT2D eigenvalue weighted by molar-refractivity contribution is 7.21. The van der Waals surface area contributed by atoms with E-state index in [1.165, 1.54) is 11.3 Å². The van der Waals surface area contributed by atoms with E-state index in [1.54, 1.807) is 36.4 Å². The van der Waals surface area contributed by atoms with Crippen LogP contribution in [0, 0.1) is 0 Å². The van der Waals surface area contributed by atoms with Crippen LogP contribution in [0.2, 0.25) is 10.0 Å². The molecule has 2 aromatic carbocycles. The van der Waals surface area contributed by atoms with Gasteiger partial charge in [0.1, 0.15) is 23.0 Å². The van der Waals surface area contributed by atoms with Crippen molar-refractivity contribution in [2.75, 3.05) is 5.32 Å². The van der Waals surface area contributed by atoms with Gasteiger partial charge in [-0.25, -0.2) is 0 Å². The maximum Gasteiger partial charge on any atom is 0.267 e. The highest BCUT2D eigenvalue weighted by Crippen LogP contribution is 2.37. The molecule has 0 radical (unpaired) electrons. The number of hydrogen-bond acceptors (Lipinski definition) is 4. The number of nitrogens with one attached hydrogen (secondary N) is 1. The molecule has 4 nitrogen and oxygen atoms in total. The van der Waals surface area contributed by atoms with E-state index in [1.807, 2.05) is 18.2 Å². The third-order valence-electron chi connectivity index (χ3n) is 4.04. The number of thiophene rings is 1. The number of benzene rings is 2. The predicted molar refractivity (Wildman–Crippen MR) is 110 cm³/mol. The molecular weight excluding hydrogens is 405 g/mol. The maximum absolute atomic E-state index is 12.6. The molecule has 7 heteroatoms. The van der Waals surface area contributed by atoms with Gasteiger partial charge in [0.25, 0.3) is 5.91 Å². The Morgan fingerprint density at radius 1 is 1.07 bits per heavy atom. The molecule has 0 bridgehead atoms. The first-order valence-electron chi connectivity index (χ1n) is 8.04. The van der Waals surface area contributed by atoms with E-state index in [2.05, 4.69) is 5.32 Å². The smallest absolute Gasteiger partial charge is 0.267 e. The number of hydrogen-bond donors (Lipinski definition) is 2. The average molecular weight is 418 g/mol. The van der Waals surface area contributed by atoms with Crippen molar-refractivity contribution in [1.29, 1.82) is 0 Å². The first kappa shape index (κ1) is 18.1. The number of rotatable bonds is 4. The molecule has 2 heterocycles. The molecule has 2 N–H and O–H groups in total. The number of amides is 1. The Morgan fingerprint density at radius 2 is 1.85 bits per heavy atom. The second kappa shape index (κ2) is 7.37. The number of carbonyl (C=O) groups is 1. The van der Waals surface area contributed by atoms with Gasteiger partial charge in [0.15, 0.2) is 0 Å². The summed E-state index contributed by atoms with van der Waals surface area (Å²) in [6.45, 7) is -0.144. The molecule has 1 amide bonds. The van der Waals surface area contributed by atoms with E-state index in [0.717, 1.165) is 15.6 Å². The zero-order valence-electron chi connectivity index (χ0n) is 13.8. The van der Waals surface area contributed by atoms with Crippen LogP contribution >= 0.6 is 34.5 Å². The van der Waals surface area contributed by atoms with Crippen molar-refractivity contribution in [3.63, 3.8) is 0 Å². The Bertz CT molecular complexity index is 1130. The largest absolute Gasteiger partial charge is 0.459 e. The Hall–Kier alpha value is -2.31. The number of carbonyl (C=O) groups excluding carboxylic acids is 1. The van der Waals surface area contributed by atoms with Crippen molar-refractivity contribution >= 4 is 56.2 Å². The maximum atomic E-state index is 12.6. The van der Waals surface area contributed by atoms with Crippen molar-refractivity contribution < 1.29 is 14.3 Å². The van der Waals surface area contributed by atoms with Gasteiger partial charge in [-0.15, -0.1) is 11.3 Å². The van der Waals surface area contributed by atoms with E-state index in [-0.39, 0.29) is 12.5 Å². The Morgan fingerprint density at radius 3 is 2.56 bits per heavy atom. The number of halogens is 2. The second-order valence-electron chi connectivity index (χ2n) is 5.84. The van der Waals surface area contributed by atoms with Crippen LogP contribution in [0.5, 0.6) is 0 Å². The molecule has 4 aromatic rings. The predicted octanol–water partition coefficient (Wildman–Crippen LogP) is 6.21. The topological polar surface area (TPSA) is 62.5 Å². The van der Waals surface area contributed by atoms with Crippen molar-refractivity contribution in [2.24, 2.45) is 0 Å². The number of fused-ring (bicyclic) bond motifs is 1. The van der Waals surface area contributed by atoms with Crippen molar-refractivity contribution in [1.82, 2.24) is 0 Å². The van der Waals surface area contributed by atoms with Gasteiger partial charge in [-0.1, -0.05) is 29.3 Å². The summed E-state index contributed by atoms with van der Waals surface area (Å²) < 4.78 is 6.37. The van der Waals surface area contributed by atoms with Gasteiger partial charge < -0.3 is 14.8 Å². The van der Waals surface area contributed by atoms with Crippen LogP contribution in [0.3, 0.4) is 0 Å². The third-order valence-corrected chi connectivity index (χ3v) is 5.93. The molecule has 0 spiro atoms. The molecule has 0 saturated heterocycles. The molecule has 0 aliphatic carbocycles. The van der Waals surface area contributed by atoms with E-state index in [9.17, 15) is 4.79 Å². The van der Waals surface area contributed by atoms with Crippen LogP contribution in [-0.2, 0) is 6.61 Å². The number of aliphatic hydroxyl groups is 1. The minimum atomic E-state index is -0.273. The zero-order chi connectivity index (χ0) is 19.0. The van der Waals surface area contributed by atoms with Crippen molar-refractivity contribution in [3.05, 3.63) is 75.3 Å². The summed E-state index contributed by atoms with van der Waals surface area (Å²) in [5.74, 6) is 0.883. The lowest BCUT2D eigenvalue weighted by molar-refractivity contribution is 0.103. The van der Waals surface area contributed by atoms with Crippen LogP contribution in [-0.4, -0.2) is 11.0 Å². The lowest BCUT2D eigenvalue weighted by Crippen LogP contribution is -2.10. The summed E-state index contributed by atoms with van der Waals surface area (Å²) in [6.07, 6.45) is 0. The molecule has 0 atom stereocenters. The first-order chi connectivity index (χ1) is 13.0. The lowest BCUT2D eigenvalue weighted by Gasteiger charge is -2.05. The van der Waals surface area contributed by atoms with Gasteiger partial charge in [0, 0.05) is 26.4 Å². The van der Waals surface area contributed by atoms with E-state index >= 15 is 0 Å². The minimum Gasteiger partial charge on any atom is -0.459 e. The summed E-state index contributed by atoms with van der Waals surface area (Å²) in [4.78, 5) is 13.1. The highest BCUT2D eigenvalue weighted by atomic mass is 35.5. The molecule has 0 saturated carbocycles. The van der Waals surface area contributed by atoms with Crippen LogP contribution < -0.4 is 5.32 Å². The molecule has 2 aromatic heterocycles. The normalized spacial score (nSPS) is 11.1. The quantitative estimate of drug-likeness (QED) is 0.414. The fraction of sp³-hybridized carbons (Fsp3) is 0.0500. The van der Waals surface area contributed by atoms with Crippen molar-refractivity contribution in [2.45, 2.75) is 6.61 Å². The third kappa shape index (κ3) is 3.59. The fourth-order valence-electron chi connectivity index (χ4n) is 2.71. The van der Waals surface area contributed by atoms with Gasteiger partial charge in [0.05, 0.1) is 5.02 Å². The van der Waals surface area contributed by atoms with E-state index in [4.69, 9.17) is 32.7 Å². The van der Waals surface area contributed by atoms with Crippen LogP contribution in [0.25, 0.3) is 21.4 Å². The van der Waals surface area contributed by atoms with Gasteiger partial charge in [0.2, 0.25) is 0 Å².